The lowest BCUT2D eigenvalue weighted by Crippen LogP contribution is -2.29. The Morgan fingerprint density at radius 1 is 1.33 bits per heavy atom. The van der Waals surface area contributed by atoms with Crippen molar-refractivity contribution < 1.29 is 9.32 Å². The molecular formula is C15H20N4O2. The lowest BCUT2D eigenvalue weighted by Gasteiger charge is -2.09. The number of benzene rings is 1. The molecule has 21 heavy (non-hydrogen) atoms. The number of aromatic nitrogens is 2. The molecule has 0 bridgehead atoms. The maximum Gasteiger partial charge on any atom is 0.231 e. The summed E-state index contributed by atoms with van der Waals surface area (Å²) in [5, 5.41) is 9.71. The number of rotatable bonds is 7. The molecule has 112 valence electrons. The first-order chi connectivity index (χ1) is 10.2. The molecule has 1 amide bonds. The average molecular weight is 288 g/mol. The van der Waals surface area contributed by atoms with Crippen molar-refractivity contribution in [3.05, 3.63) is 47.6 Å². The predicted molar refractivity (Wildman–Crippen MR) is 78.6 cm³/mol. The van der Waals surface area contributed by atoms with Crippen LogP contribution in [0.25, 0.3) is 0 Å². The van der Waals surface area contributed by atoms with Gasteiger partial charge >= 0.3 is 0 Å². The lowest BCUT2D eigenvalue weighted by molar-refractivity contribution is -0.121. The van der Waals surface area contributed by atoms with Gasteiger partial charge in [0.1, 0.15) is 0 Å². The second-order valence-corrected chi connectivity index (χ2v) is 4.85. The SMILES string of the molecule is CNCCC(=O)NC(C)c1noc(Cc2ccccc2)n1. The van der Waals surface area contributed by atoms with E-state index in [1.807, 2.05) is 44.3 Å². The van der Waals surface area contributed by atoms with Crippen molar-refractivity contribution in [1.29, 1.82) is 0 Å². The Labute approximate surface area is 123 Å². The maximum atomic E-state index is 11.6. The number of nitrogens with zero attached hydrogens (tertiary/aromatic N) is 2. The van der Waals surface area contributed by atoms with Crippen LogP contribution in [0.5, 0.6) is 0 Å². The normalized spacial score (nSPS) is 12.1. The molecule has 0 aliphatic carbocycles. The molecular weight excluding hydrogens is 268 g/mol. The Bertz CT molecular complexity index is 568. The fraction of sp³-hybridized carbons (Fsp3) is 0.400. The van der Waals surface area contributed by atoms with E-state index in [9.17, 15) is 4.79 Å². The first-order valence-electron chi connectivity index (χ1n) is 6.99. The highest BCUT2D eigenvalue weighted by Gasteiger charge is 2.15. The maximum absolute atomic E-state index is 11.6. The van der Waals surface area contributed by atoms with Gasteiger partial charge in [0.15, 0.2) is 5.82 Å². The van der Waals surface area contributed by atoms with Gasteiger partial charge in [0.25, 0.3) is 0 Å². The molecule has 2 aromatic rings. The summed E-state index contributed by atoms with van der Waals surface area (Å²) in [6, 6.07) is 9.65. The monoisotopic (exact) mass is 288 g/mol. The van der Waals surface area contributed by atoms with Crippen LogP contribution in [0.1, 0.15) is 36.7 Å². The minimum absolute atomic E-state index is 0.0359. The van der Waals surface area contributed by atoms with Crippen LogP contribution in [-0.2, 0) is 11.2 Å². The van der Waals surface area contributed by atoms with Crippen LogP contribution >= 0.6 is 0 Å². The number of hydrogen-bond acceptors (Lipinski definition) is 5. The van der Waals surface area contributed by atoms with Crippen LogP contribution in [0.3, 0.4) is 0 Å². The van der Waals surface area contributed by atoms with Crippen LogP contribution in [0, 0.1) is 0 Å². The van der Waals surface area contributed by atoms with Gasteiger partial charge in [-0.2, -0.15) is 4.98 Å². The highest BCUT2D eigenvalue weighted by Crippen LogP contribution is 2.11. The van der Waals surface area contributed by atoms with Crippen LogP contribution in [0.15, 0.2) is 34.9 Å². The fourth-order valence-corrected chi connectivity index (χ4v) is 1.90. The molecule has 0 saturated heterocycles. The van der Waals surface area contributed by atoms with Gasteiger partial charge in [0.2, 0.25) is 11.8 Å². The molecule has 1 unspecified atom stereocenters. The molecule has 0 aliphatic rings. The lowest BCUT2D eigenvalue weighted by atomic mass is 10.1. The van der Waals surface area contributed by atoms with E-state index in [4.69, 9.17) is 4.52 Å². The van der Waals surface area contributed by atoms with Gasteiger partial charge in [-0.15, -0.1) is 0 Å². The highest BCUT2D eigenvalue weighted by molar-refractivity contribution is 5.76. The van der Waals surface area contributed by atoms with E-state index in [-0.39, 0.29) is 11.9 Å². The molecule has 2 N–H and O–H groups in total. The molecule has 6 heteroatoms. The third-order valence-corrected chi connectivity index (χ3v) is 3.05. The average Bonchev–Trinajstić information content (AvgIpc) is 2.95. The summed E-state index contributed by atoms with van der Waals surface area (Å²) in [7, 11) is 1.81. The van der Waals surface area contributed by atoms with Crippen LogP contribution < -0.4 is 10.6 Å². The quantitative estimate of drug-likeness (QED) is 0.806. The minimum Gasteiger partial charge on any atom is -0.346 e. The minimum atomic E-state index is -0.261. The van der Waals surface area contributed by atoms with E-state index in [0.29, 0.717) is 31.1 Å². The van der Waals surface area contributed by atoms with E-state index in [1.54, 1.807) is 0 Å². The molecule has 0 saturated carbocycles. The summed E-state index contributed by atoms with van der Waals surface area (Å²) < 4.78 is 5.23. The molecule has 1 aromatic heterocycles. The van der Waals surface area contributed by atoms with Gasteiger partial charge in [-0.3, -0.25) is 4.79 Å². The van der Waals surface area contributed by atoms with Crippen molar-refractivity contribution in [2.45, 2.75) is 25.8 Å². The van der Waals surface area contributed by atoms with E-state index in [2.05, 4.69) is 20.8 Å². The molecule has 1 atom stereocenters. The third kappa shape index (κ3) is 4.68. The van der Waals surface area contributed by atoms with Gasteiger partial charge in [0.05, 0.1) is 12.5 Å². The Balaban J connectivity index is 1.91. The zero-order valence-electron chi connectivity index (χ0n) is 12.3. The largest absolute Gasteiger partial charge is 0.346 e. The zero-order valence-corrected chi connectivity index (χ0v) is 12.3. The zero-order chi connectivity index (χ0) is 15.1. The Kier molecular flexibility index (Phi) is 5.45. The predicted octanol–water partition coefficient (Wildman–Crippen LogP) is 1.45. The summed E-state index contributed by atoms with van der Waals surface area (Å²) in [4.78, 5) is 16.0. The third-order valence-electron chi connectivity index (χ3n) is 3.05. The Hall–Kier alpha value is -2.21. The van der Waals surface area contributed by atoms with Crippen molar-refractivity contribution in [1.82, 2.24) is 20.8 Å². The number of amides is 1. The van der Waals surface area contributed by atoms with Crippen LogP contribution in [0.4, 0.5) is 0 Å². The topological polar surface area (TPSA) is 80.0 Å². The van der Waals surface area contributed by atoms with Gasteiger partial charge < -0.3 is 15.2 Å². The number of nitrogens with one attached hydrogen (secondary N) is 2. The van der Waals surface area contributed by atoms with Gasteiger partial charge in [-0.25, -0.2) is 0 Å². The fourth-order valence-electron chi connectivity index (χ4n) is 1.90. The van der Waals surface area contributed by atoms with E-state index in [1.165, 1.54) is 0 Å². The molecule has 1 aromatic carbocycles. The summed E-state index contributed by atoms with van der Waals surface area (Å²) in [6.07, 6.45) is 1.02. The summed E-state index contributed by atoms with van der Waals surface area (Å²) in [5.41, 5.74) is 1.11. The van der Waals surface area contributed by atoms with E-state index >= 15 is 0 Å². The van der Waals surface area contributed by atoms with Gasteiger partial charge in [0, 0.05) is 13.0 Å². The molecule has 0 aliphatic heterocycles. The Morgan fingerprint density at radius 3 is 2.81 bits per heavy atom. The van der Waals surface area contributed by atoms with Crippen molar-refractivity contribution in [2.75, 3.05) is 13.6 Å². The van der Waals surface area contributed by atoms with Crippen LogP contribution in [0.2, 0.25) is 0 Å². The summed E-state index contributed by atoms with van der Waals surface area (Å²) in [5.74, 6) is 1.01. The molecule has 2 rings (SSSR count). The smallest absolute Gasteiger partial charge is 0.231 e. The molecule has 6 nitrogen and oxygen atoms in total. The highest BCUT2D eigenvalue weighted by atomic mass is 16.5. The molecule has 0 spiro atoms. The number of carbonyl (C=O) groups excluding carboxylic acids is 1. The first kappa shape index (κ1) is 15.2. The first-order valence-corrected chi connectivity index (χ1v) is 6.99. The van der Waals surface area contributed by atoms with E-state index < -0.39 is 0 Å². The van der Waals surface area contributed by atoms with Crippen molar-refractivity contribution in [3.8, 4) is 0 Å². The second kappa shape index (κ2) is 7.54. The molecule has 1 heterocycles. The van der Waals surface area contributed by atoms with Crippen molar-refractivity contribution in [2.24, 2.45) is 0 Å². The van der Waals surface area contributed by atoms with Crippen LogP contribution in [-0.4, -0.2) is 29.6 Å². The number of carbonyl (C=O) groups is 1. The van der Waals surface area contributed by atoms with Gasteiger partial charge in [-0.05, 0) is 19.5 Å². The number of hydrogen-bond donors (Lipinski definition) is 2. The Morgan fingerprint density at radius 2 is 2.10 bits per heavy atom. The van der Waals surface area contributed by atoms with Gasteiger partial charge in [-0.1, -0.05) is 35.5 Å². The summed E-state index contributed by atoms with van der Waals surface area (Å²) in [6.45, 7) is 2.48. The molecule has 0 fully saturated rings. The second-order valence-electron chi connectivity index (χ2n) is 4.85. The van der Waals surface area contributed by atoms with Crippen molar-refractivity contribution in [3.63, 3.8) is 0 Å². The van der Waals surface area contributed by atoms with Crippen molar-refractivity contribution >= 4 is 5.91 Å². The molecule has 0 radical (unpaired) electrons. The van der Waals surface area contributed by atoms with E-state index in [0.717, 1.165) is 5.56 Å². The standard InChI is InChI=1S/C15H20N4O2/c1-11(17-13(20)8-9-16-2)15-18-14(21-19-15)10-12-6-4-3-5-7-12/h3-7,11,16H,8-10H2,1-2H3,(H,17,20). The summed E-state index contributed by atoms with van der Waals surface area (Å²) >= 11 is 0.